The van der Waals surface area contributed by atoms with E-state index in [1.165, 1.54) is 0 Å². The normalized spacial score (nSPS) is 10.8. The van der Waals surface area contributed by atoms with Crippen LogP contribution in [0.4, 0.5) is 5.69 Å². The molecule has 0 saturated carbocycles. The van der Waals surface area contributed by atoms with E-state index in [1.54, 1.807) is 7.11 Å². The smallest absolute Gasteiger partial charge is 0.118 e. The van der Waals surface area contributed by atoms with Crippen molar-refractivity contribution in [2.45, 2.75) is 0 Å². The summed E-state index contributed by atoms with van der Waals surface area (Å²) in [6.07, 6.45) is 4.11. The lowest BCUT2D eigenvalue weighted by Crippen LogP contribution is -1.90. The zero-order chi connectivity index (χ0) is 16.1. The van der Waals surface area contributed by atoms with Gasteiger partial charge in [-0.25, -0.2) is 0 Å². The highest BCUT2D eigenvalue weighted by Crippen LogP contribution is 2.26. The molecule has 0 aliphatic heterocycles. The summed E-state index contributed by atoms with van der Waals surface area (Å²) in [7, 11) is 1.67. The Labute approximate surface area is 136 Å². The summed E-state index contributed by atoms with van der Waals surface area (Å²) in [6.45, 7) is 0. The number of nitrogen functional groups attached to an aromatic ring is 1. The van der Waals surface area contributed by atoms with Gasteiger partial charge in [-0.1, -0.05) is 66.7 Å². The van der Waals surface area contributed by atoms with Crippen LogP contribution in [0, 0.1) is 0 Å². The van der Waals surface area contributed by atoms with Gasteiger partial charge in [0.2, 0.25) is 0 Å². The molecule has 23 heavy (non-hydrogen) atoms. The van der Waals surface area contributed by atoms with Gasteiger partial charge < -0.3 is 10.5 Å². The van der Waals surface area contributed by atoms with Crippen molar-refractivity contribution < 1.29 is 4.74 Å². The lowest BCUT2D eigenvalue weighted by Gasteiger charge is -2.07. The van der Waals surface area contributed by atoms with Gasteiger partial charge in [0.05, 0.1) is 7.11 Å². The van der Waals surface area contributed by atoms with Gasteiger partial charge >= 0.3 is 0 Å². The molecule has 2 N–H and O–H groups in total. The molecule has 3 aromatic rings. The van der Waals surface area contributed by atoms with Crippen LogP contribution in [0.2, 0.25) is 0 Å². The fourth-order valence-electron chi connectivity index (χ4n) is 2.44. The summed E-state index contributed by atoms with van der Waals surface area (Å²) in [5.74, 6) is 0.851. The average Bonchev–Trinajstić information content (AvgIpc) is 2.61. The summed E-state index contributed by atoms with van der Waals surface area (Å²) in [5, 5.41) is 0. The molecule has 114 valence electrons. The van der Waals surface area contributed by atoms with E-state index in [4.69, 9.17) is 10.5 Å². The van der Waals surface area contributed by atoms with E-state index in [2.05, 4.69) is 24.3 Å². The average molecular weight is 301 g/mol. The number of hydrogen-bond acceptors (Lipinski definition) is 2. The highest BCUT2D eigenvalue weighted by atomic mass is 16.5. The van der Waals surface area contributed by atoms with E-state index in [0.29, 0.717) is 0 Å². The van der Waals surface area contributed by atoms with Gasteiger partial charge in [0.15, 0.2) is 0 Å². The molecule has 0 spiro atoms. The van der Waals surface area contributed by atoms with Crippen LogP contribution in [0.3, 0.4) is 0 Å². The molecule has 3 rings (SSSR count). The Bertz CT molecular complexity index is 805. The maximum atomic E-state index is 6.20. The van der Waals surface area contributed by atoms with E-state index >= 15 is 0 Å². The Morgan fingerprint density at radius 1 is 0.783 bits per heavy atom. The van der Waals surface area contributed by atoms with E-state index in [-0.39, 0.29) is 0 Å². The molecule has 0 bridgehead atoms. The van der Waals surface area contributed by atoms with Crippen molar-refractivity contribution in [3.63, 3.8) is 0 Å². The van der Waals surface area contributed by atoms with Gasteiger partial charge in [-0.15, -0.1) is 0 Å². The molecule has 0 saturated heterocycles. The predicted molar refractivity (Wildman–Crippen MR) is 98.2 cm³/mol. The molecular weight excluding hydrogens is 282 g/mol. The standard InChI is InChI=1S/C21H19NO/c1-23-20-13-11-17(12-14-20)19-10-9-18(21(22)15-19)8-7-16-5-3-2-4-6-16/h2-15H,22H2,1H3. The first kappa shape index (κ1) is 14.9. The van der Waals surface area contributed by atoms with Crippen molar-refractivity contribution in [3.8, 4) is 16.9 Å². The van der Waals surface area contributed by atoms with Crippen LogP contribution in [-0.4, -0.2) is 7.11 Å². The van der Waals surface area contributed by atoms with Gasteiger partial charge in [0.1, 0.15) is 5.75 Å². The molecule has 0 unspecified atom stereocenters. The zero-order valence-electron chi connectivity index (χ0n) is 13.1. The van der Waals surface area contributed by atoms with Crippen LogP contribution in [0.5, 0.6) is 5.75 Å². The molecule has 0 aromatic heterocycles. The van der Waals surface area contributed by atoms with E-state index in [9.17, 15) is 0 Å². The molecule has 0 fully saturated rings. The first-order chi connectivity index (χ1) is 11.3. The third-order valence-electron chi connectivity index (χ3n) is 3.77. The minimum Gasteiger partial charge on any atom is -0.497 e. The lowest BCUT2D eigenvalue weighted by molar-refractivity contribution is 0.415. The maximum Gasteiger partial charge on any atom is 0.118 e. The van der Waals surface area contributed by atoms with Crippen LogP contribution in [0.1, 0.15) is 11.1 Å². The number of nitrogens with two attached hydrogens (primary N) is 1. The monoisotopic (exact) mass is 301 g/mol. The van der Waals surface area contributed by atoms with Gasteiger partial charge in [0, 0.05) is 5.69 Å². The Morgan fingerprint density at radius 2 is 1.48 bits per heavy atom. The lowest BCUT2D eigenvalue weighted by atomic mass is 10.0. The summed E-state index contributed by atoms with van der Waals surface area (Å²) in [6, 6.07) is 24.3. The first-order valence-corrected chi connectivity index (χ1v) is 7.53. The van der Waals surface area contributed by atoms with Crippen LogP contribution in [0.25, 0.3) is 23.3 Å². The van der Waals surface area contributed by atoms with Gasteiger partial charge in [0.25, 0.3) is 0 Å². The topological polar surface area (TPSA) is 35.2 Å². The van der Waals surface area contributed by atoms with E-state index < -0.39 is 0 Å². The summed E-state index contributed by atoms with van der Waals surface area (Å²) < 4.78 is 5.19. The van der Waals surface area contributed by atoms with Crippen molar-refractivity contribution in [2.24, 2.45) is 0 Å². The van der Waals surface area contributed by atoms with Gasteiger partial charge in [-0.2, -0.15) is 0 Å². The molecule has 2 nitrogen and oxygen atoms in total. The molecule has 0 heterocycles. The van der Waals surface area contributed by atoms with Crippen molar-refractivity contribution in [1.29, 1.82) is 0 Å². The molecule has 0 aliphatic carbocycles. The zero-order valence-corrected chi connectivity index (χ0v) is 13.1. The third-order valence-corrected chi connectivity index (χ3v) is 3.77. The summed E-state index contributed by atoms with van der Waals surface area (Å²) >= 11 is 0. The second-order valence-electron chi connectivity index (χ2n) is 5.32. The van der Waals surface area contributed by atoms with Crippen LogP contribution in [0.15, 0.2) is 72.8 Å². The van der Waals surface area contributed by atoms with E-state index in [0.717, 1.165) is 33.7 Å². The van der Waals surface area contributed by atoms with Crippen molar-refractivity contribution >= 4 is 17.8 Å². The number of methoxy groups -OCH3 is 1. The Hall–Kier alpha value is -3.00. The number of rotatable bonds is 4. The molecular formula is C21H19NO. The largest absolute Gasteiger partial charge is 0.497 e. The van der Waals surface area contributed by atoms with Gasteiger partial charge in [-0.05, 0) is 40.5 Å². The van der Waals surface area contributed by atoms with Crippen molar-refractivity contribution in [3.05, 3.63) is 83.9 Å². The Morgan fingerprint density at radius 3 is 2.13 bits per heavy atom. The van der Waals surface area contributed by atoms with Crippen LogP contribution >= 0.6 is 0 Å². The second kappa shape index (κ2) is 6.84. The first-order valence-electron chi connectivity index (χ1n) is 7.53. The highest BCUT2D eigenvalue weighted by molar-refractivity contribution is 5.79. The molecule has 3 aromatic carbocycles. The molecule has 0 atom stereocenters. The van der Waals surface area contributed by atoms with Gasteiger partial charge in [-0.3, -0.25) is 0 Å². The molecule has 0 radical (unpaired) electrons. The van der Waals surface area contributed by atoms with Crippen LogP contribution < -0.4 is 10.5 Å². The minimum atomic E-state index is 0.769. The minimum absolute atomic E-state index is 0.769. The maximum absolute atomic E-state index is 6.20. The Kier molecular flexibility index (Phi) is 4.44. The van der Waals surface area contributed by atoms with Crippen LogP contribution in [-0.2, 0) is 0 Å². The Balaban J connectivity index is 1.84. The fourth-order valence-corrected chi connectivity index (χ4v) is 2.44. The highest BCUT2D eigenvalue weighted by Gasteiger charge is 2.02. The van der Waals surface area contributed by atoms with E-state index in [1.807, 2.05) is 60.7 Å². The summed E-state index contributed by atoms with van der Waals surface area (Å²) in [4.78, 5) is 0. The number of ether oxygens (including phenoxy) is 1. The van der Waals surface area contributed by atoms with Crippen molar-refractivity contribution in [2.75, 3.05) is 12.8 Å². The molecule has 2 heteroatoms. The molecule has 0 aliphatic rings. The number of hydrogen-bond donors (Lipinski definition) is 1. The third kappa shape index (κ3) is 3.61. The second-order valence-corrected chi connectivity index (χ2v) is 5.32. The van der Waals surface area contributed by atoms with Crippen molar-refractivity contribution in [1.82, 2.24) is 0 Å². The number of anilines is 1. The SMILES string of the molecule is COc1ccc(-c2ccc(C=Cc3ccccc3)c(N)c2)cc1. The fraction of sp³-hybridized carbons (Fsp3) is 0.0476. The predicted octanol–water partition coefficient (Wildman–Crippen LogP) is 5.11. The quantitative estimate of drug-likeness (QED) is 0.536. The summed E-state index contributed by atoms with van der Waals surface area (Å²) in [5.41, 5.74) is 11.4. The molecule has 0 amide bonds. The number of benzene rings is 3.